The molecule has 2 N–H and O–H groups in total. The summed E-state index contributed by atoms with van der Waals surface area (Å²) in [5, 5.41) is 4.53. The van der Waals surface area contributed by atoms with E-state index in [1.165, 1.54) is 0 Å². The van der Waals surface area contributed by atoms with Crippen molar-refractivity contribution in [1.82, 2.24) is 5.16 Å². The Labute approximate surface area is 104 Å². The van der Waals surface area contributed by atoms with Crippen molar-refractivity contribution in [1.29, 1.82) is 0 Å². The molecule has 1 heterocycles. The van der Waals surface area contributed by atoms with Gasteiger partial charge in [-0.1, -0.05) is 35.5 Å². The molecule has 0 saturated carbocycles. The molecule has 0 amide bonds. The summed E-state index contributed by atoms with van der Waals surface area (Å²) < 4.78 is 10.6. The van der Waals surface area contributed by atoms with Gasteiger partial charge < -0.3 is 15.0 Å². The summed E-state index contributed by atoms with van der Waals surface area (Å²) in [5.41, 5.74) is 8.48. The second-order valence-corrected chi connectivity index (χ2v) is 3.95. The number of fused-ring (bicyclic) bond motifs is 1. The van der Waals surface area contributed by atoms with Gasteiger partial charge in [-0.15, -0.1) is 0 Å². The fourth-order valence-electron chi connectivity index (χ4n) is 2.06. The smallest absolute Gasteiger partial charge is 0.180 e. The summed E-state index contributed by atoms with van der Waals surface area (Å²) in [6, 6.07) is 13.8. The quantitative estimate of drug-likeness (QED) is 0.747. The summed E-state index contributed by atoms with van der Waals surface area (Å²) in [6.07, 6.45) is 0. The predicted molar refractivity (Wildman–Crippen MR) is 70.4 cm³/mol. The van der Waals surface area contributed by atoms with Gasteiger partial charge in [0.15, 0.2) is 11.4 Å². The molecule has 0 fully saturated rings. The number of ether oxygens (including phenoxy) is 1. The molecule has 2 aromatic carbocycles. The molecule has 0 aliphatic heterocycles. The third kappa shape index (κ3) is 1.50. The number of benzene rings is 2. The Balaban J connectivity index is 2.33. The van der Waals surface area contributed by atoms with Gasteiger partial charge >= 0.3 is 0 Å². The number of rotatable bonds is 2. The van der Waals surface area contributed by atoms with E-state index in [-0.39, 0.29) is 0 Å². The molecule has 0 unspecified atom stereocenters. The average Bonchev–Trinajstić information content (AvgIpc) is 2.81. The van der Waals surface area contributed by atoms with Gasteiger partial charge in [-0.2, -0.15) is 0 Å². The first-order valence-electron chi connectivity index (χ1n) is 5.58. The van der Waals surface area contributed by atoms with Crippen LogP contribution in [0.2, 0.25) is 0 Å². The topological polar surface area (TPSA) is 61.3 Å². The van der Waals surface area contributed by atoms with E-state index in [9.17, 15) is 0 Å². The Hall–Kier alpha value is -2.49. The van der Waals surface area contributed by atoms with Crippen molar-refractivity contribution in [2.75, 3.05) is 12.8 Å². The van der Waals surface area contributed by atoms with Gasteiger partial charge in [-0.05, 0) is 17.7 Å². The van der Waals surface area contributed by atoms with E-state index < -0.39 is 0 Å². The molecule has 0 spiro atoms. The number of nitrogens with two attached hydrogens (primary N) is 1. The van der Waals surface area contributed by atoms with Crippen LogP contribution in [-0.2, 0) is 0 Å². The molecule has 1 aromatic heterocycles. The molecule has 90 valence electrons. The van der Waals surface area contributed by atoms with Crippen LogP contribution in [0.3, 0.4) is 0 Å². The molecule has 0 atom stereocenters. The Bertz CT molecular complexity index is 690. The number of hydrogen-bond acceptors (Lipinski definition) is 4. The fourth-order valence-corrected chi connectivity index (χ4v) is 2.06. The lowest BCUT2D eigenvalue weighted by atomic mass is 10.0. The molecule has 4 heteroatoms. The summed E-state index contributed by atoms with van der Waals surface area (Å²) in [4.78, 5) is 0. The van der Waals surface area contributed by atoms with Crippen LogP contribution in [0.1, 0.15) is 0 Å². The summed E-state index contributed by atoms with van der Waals surface area (Å²) in [5.74, 6) is 1.02. The van der Waals surface area contributed by atoms with Crippen LogP contribution in [0.15, 0.2) is 47.0 Å². The van der Waals surface area contributed by atoms with Crippen molar-refractivity contribution in [2.45, 2.75) is 0 Å². The average molecular weight is 240 g/mol. The number of methoxy groups -OCH3 is 1. The fraction of sp³-hybridized carbons (Fsp3) is 0.0714. The molecule has 0 bridgehead atoms. The standard InChI is InChI=1S/C14H12N2O2/c1-17-11-8-7-10(9-5-3-2-4-6-9)13-12(11)14(15)16-18-13/h2-8H,1H3,(H2,15,16). The third-order valence-corrected chi connectivity index (χ3v) is 2.92. The van der Waals surface area contributed by atoms with Crippen LogP contribution in [0.4, 0.5) is 5.82 Å². The van der Waals surface area contributed by atoms with Crippen LogP contribution in [0, 0.1) is 0 Å². The minimum atomic E-state index is 0.347. The lowest BCUT2D eigenvalue weighted by Crippen LogP contribution is -1.89. The monoisotopic (exact) mass is 240 g/mol. The maximum absolute atomic E-state index is 5.81. The SMILES string of the molecule is COc1ccc(-c2ccccc2)c2onc(N)c12. The second-order valence-electron chi connectivity index (χ2n) is 3.95. The van der Waals surface area contributed by atoms with Gasteiger partial charge in [0, 0.05) is 5.56 Å². The van der Waals surface area contributed by atoms with Crippen LogP contribution < -0.4 is 10.5 Å². The van der Waals surface area contributed by atoms with Crippen molar-refractivity contribution in [3.05, 3.63) is 42.5 Å². The zero-order valence-electron chi connectivity index (χ0n) is 9.88. The van der Waals surface area contributed by atoms with Crippen molar-refractivity contribution in [3.63, 3.8) is 0 Å². The number of nitrogen functional groups attached to an aromatic ring is 1. The summed E-state index contributed by atoms with van der Waals surface area (Å²) >= 11 is 0. The molecule has 3 rings (SSSR count). The van der Waals surface area contributed by atoms with Crippen LogP contribution in [-0.4, -0.2) is 12.3 Å². The van der Waals surface area contributed by atoms with E-state index in [1.807, 2.05) is 42.5 Å². The molecular weight excluding hydrogens is 228 g/mol. The Morgan fingerprint density at radius 2 is 1.89 bits per heavy atom. The predicted octanol–water partition coefficient (Wildman–Crippen LogP) is 3.09. The lowest BCUT2D eigenvalue weighted by Gasteiger charge is -2.05. The molecule has 4 nitrogen and oxygen atoms in total. The first-order valence-corrected chi connectivity index (χ1v) is 5.58. The minimum Gasteiger partial charge on any atom is -0.496 e. The summed E-state index contributed by atoms with van der Waals surface area (Å²) in [6.45, 7) is 0. The minimum absolute atomic E-state index is 0.347. The number of nitrogens with zero attached hydrogens (tertiary/aromatic N) is 1. The van der Waals surface area contributed by atoms with E-state index in [2.05, 4.69) is 5.16 Å². The first-order chi connectivity index (χ1) is 8.81. The van der Waals surface area contributed by atoms with E-state index in [0.717, 1.165) is 16.5 Å². The largest absolute Gasteiger partial charge is 0.496 e. The molecule has 18 heavy (non-hydrogen) atoms. The van der Waals surface area contributed by atoms with E-state index >= 15 is 0 Å². The van der Waals surface area contributed by atoms with Gasteiger partial charge in [0.1, 0.15) is 11.1 Å². The van der Waals surface area contributed by atoms with Crippen LogP contribution >= 0.6 is 0 Å². The van der Waals surface area contributed by atoms with Crippen molar-refractivity contribution in [3.8, 4) is 16.9 Å². The molecule has 3 aromatic rings. The van der Waals surface area contributed by atoms with E-state index in [1.54, 1.807) is 7.11 Å². The van der Waals surface area contributed by atoms with Gasteiger partial charge in [0.25, 0.3) is 0 Å². The number of anilines is 1. The maximum atomic E-state index is 5.81. The molecule has 0 aliphatic rings. The first kappa shape index (κ1) is 10.7. The maximum Gasteiger partial charge on any atom is 0.180 e. The number of aromatic nitrogens is 1. The third-order valence-electron chi connectivity index (χ3n) is 2.92. The summed E-state index contributed by atoms with van der Waals surface area (Å²) in [7, 11) is 1.60. The molecule has 0 radical (unpaired) electrons. The highest BCUT2D eigenvalue weighted by Gasteiger charge is 2.15. The molecular formula is C14H12N2O2. The molecule has 0 saturated heterocycles. The highest BCUT2D eigenvalue weighted by atomic mass is 16.5. The normalized spacial score (nSPS) is 10.7. The Kier molecular flexibility index (Phi) is 2.41. The molecule has 0 aliphatic carbocycles. The van der Waals surface area contributed by atoms with Crippen molar-refractivity contribution < 1.29 is 9.26 Å². The zero-order valence-corrected chi connectivity index (χ0v) is 9.88. The number of hydrogen-bond donors (Lipinski definition) is 1. The van der Waals surface area contributed by atoms with Crippen LogP contribution in [0.5, 0.6) is 5.75 Å². The highest BCUT2D eigenvalue weighted by Crippen LogP contribution is 2.37. The van der Waals surface area contributed by atoms with Gasteiger partial charge in [0.05, 0.1) is 7.11 Å². The van der Waals surface area contributed by atoms with Crippen LogP contribution in [0.25, 0.3) is 22.1 Å². The second kappa shape index (κ2) is 4.07. The highest BCUT2D eigenvalue weighted by molar-refractivity contribution is 6.01. The van der Waals surface area contributed by atoms with Gasteiger partial charge in [-0.3, -0.25) is 0 Å². The zero-order chi connectivity index (χ0) is 12.5. The van der Waals surface area contributed by atoms with E-state index in [0.29, 0.717) is 17.2 Å². The van der Waals surface area contributed by atoms with E-state index in [4.69, 9.17) is 15.0 Å². The van der Waals surface area contributed by atoms with Gasteiger partial charge in [0.2, 0.25) is 0 Å². The Morgan fingerprint density at radius 1 is 1.11 bits per heavy atom. The van der Waals surface area contributed by atoms with Crippen molar-refractivity contribution in [2.24, 2.45) is 0 Å². The lowest BCUT2D eigenvalue weighted by molar-refractivity contribution is 0.419. The Morgan fingerprint density at radius 3 is 2.61 bits per heavy atom. The van der Waals surface area contributed by atoms with Gasteiger partial charge in [-0.25, -0.2) is 0 Å². The van der Waals surface area contributed by atoms with Crippen molar-refractivity contribution >= 4 is 16.8 Å².